The highest BCUT2D eigenvalue weighted by molar-refractivity contribution is 7.90. The van der Waals surface area contributed by atoms with Gasteiger partial charge in [-0.05, 0) is 31.9 Å². The summed E-state index contributed by atoms with van der Waals surface area (Å²) in [4.78, 5) is 0.114. The lowest BCUT2D eigenvalue weighted by Gasteiger charge is -2.27. The van der Waals surface area contributed by atoms with E-state index in [-0.39, 0.29) is 29.3 Å². The van der Waals surface area contributed by atoms with Crippen LogP contribution in [0.3, 0.4) is 0 Å². The van der Waals surface area contributed by atoms with Crippen molar-refractivity contribution < 1.29 is 21.6 Å². The molecule has 1 aromatic carbocycles. The highest BCUT2D eigenvalue weighted by Crippen LogP contribution is 2.14. The molecule has 0 bridgehead atoms. The van der Waals surface area contributed by atoms with Crippen molar-refractivity contribution in [2.24, 2.45) is 0 Å². The fraction of sp³-hybridized carbons (Fsp3) is 0.571. The van der Waals surface area contributed by atoms with E-state index < -0.39 is 20.0 Å². The van der Waals surface area contributed by atoms with Crippen molar-refractivity contribution in [2.45, 2.75) is 36.8 Å². The third-order valence-corrected chi connectivity index (χ3v) is 6.46. The first-order valence-electron chi connectivity index (χ1n) is 7.45. The number of hydrogen-bond donors (Lipinski definition) is 2. The Kier molecular flexibility index (Phi) is 6.15. The van der Waals surface area contributed by atoms with E-state index in [4.69, 9.17) is 4.74 Å². The second-order valence-electron chi connectivity index (χ2n) is 5.55. The molecule has 0 aromatic heterocycles. The molecule has 2 N–H and O–H groups in total. The summed E-state index contributed by atoms with van der Waals surface area (Å²) in [5.74, 6) is -0.301. The molecule has 0 radical (unpaired) electrons. The van der Waals surface area contributed by atoms with Crippen LogP contribution in [-0.4, -0.2) is 47.9 Å². The van der Waals surface area contributed by atoms with Crippen molar-refractivity contribution in [1.82, 2.24) is 9.44 Å². The Morgan fingerprint density at radius 2 is 1.87 bits per heavy atom. The van der Waals surface area contributed by atoms with Gasteiger partial charge in [0, 0.05) is 19.2 Å². The lowest BCUT2D eigenvalue weighted by atomic mass is 10.1. The maximum Gasteiger partial charge on any atom is 0.240 e. The zero-order valence-corrected chi connectivity index (χ0v) is 14.6. The Hall–Kier alpha value is -1.00. The third-order valence-electron chi connectivity index (χ3n) is 3.55. The van der Waals surface area contributed by atoms with Gasteiger partial charge in [-0.25, -0.2) is 26.3 Å². The number of ether oxygens (including phenoxy) is 1. The molecule has 1 aromatic rings. The minimum absolute atomic E-state index is 0.0213. The zero-order valence-electron chi connectivity index (χ0n) is 12.9. The molecule has 2 atom stereocenters. The van der Waals surface area contributed by atoms with Gasteiger partial charge in [0.05, 0.1) is 16.8 Å². The van der Waals surface area contributed by atoms with E-state index >= 15 is 0 Å². The Morgan fingerprint density at radius 3 is 2.52 bits per heavy atom. The summed E-state index contributed by atoms with van der Waals surface area (Å²) in [5.41, 5.74) is 0. The van der Waals surface area contributed by atoms with Gasteiger partial charge < -0.3 is 4.74 Å². The first-order valence-corrected chi connectivity index (χ1v) is 10.6. The van der Waals surface area contributed by atoms with E-state index in [1.807, 2.05) is 6.92 Å². The van der Waals surface area contributed by atoms with Crippen LogP contribution in [0.25, 0.3) is 0 Å². The van der Waals surface area contributed by atoms with Crippen molar-refractivity contribution in [1.29, 1.82) is 0 Å². The summed E-state index contributed by atoms with van der Waals surface area (Å²) in [5, 5.41) is 0. The first kappa shape index (κ1) is 18.3. The van der Waals surface area contributed by atoms with Gasteiger partial charge in [-0.2, -0.15) is 0 Å². The number of rotatable bonds is 7. The van der Waals surface area contributed by atoms with Gasteiger partial charge in [-0.3, -0.25) is 0 Å². The molecule has 0 saturated carbocycles. The second kappa shape index (κ2) is 7.71. The molecule has 7 nitrogen and oxygen atoms in total. The zero-order chi connectivity index (χ0) is 16.9. The molecule has 1 aliphatic rings. The van der Waals surface area contributed by atoms with E-state index in [1.54, 1.807) is 18.2 Å². The number of nitrogens with one attached hydrogen (secondary N) is 2. The Bertz CT molecular complexity index is 704. The first-order chi connectivity index (χ1) is 10.8. The predicted molar refractivity (Wildman–Crippen MR) is 87.0 cm³/mol. The van der Waals surface area contributed by atoms with Crippen LogP contribution >= 0.6 is 0 Å². The van der Waals surface area contributed by atoms with Gasteiger partial charge in [-0.1, -0.05) is 18.2 Å². The lowest BCUT2D eigenvalue weighted by Crippen LogP contribution is -2.43. The summed E-state index contributed by atoms with van der Waals surface area (Å²) in [7, 11) is -7.23. The average Bonchev–Trinajstić information content (AvgIpc) is 2.47. The van der Waals surface area contributed by atoms with Crippen LogP contribution in [0.5, 0.6) is 0 Å². The fourth-order valence-electron chi connectivity index (χ4n) is 2.41. The summed E-state index contributed by atoms with van der Waals surface area (Å²) in [6.07, 6.45) is 1.27. The van der Waals surface area contributed by atoms with E-state index in [2.05, 4.69) is 9.44 Å². The summed E-state index contributed by atoms with van der Waals surface area (Å²) < 4.78 is 58.4. The third kappa shape index (κ3) is 5.85. The highest BCUT2D eigenvalue weighted by atomic mass is 32.2. The number of hydrogen-bond acceptors (Lipinski definition) is 5. The van der Waals surface area contributed by atoms with Crippen molar-refractivity contribution in [2.75, 3.05) is 18.9 Å². The monoisotopic (exact) mass is 362 g/mol. The Morgan fingerprint density at radius 1 is 1.17 bits per heavy atom. The maximum absolute atomic E-state index is 12.0. The van der Waals surface area contributed by atoms with Crippen LogP contribution in [0.1, 0.15) is 19.8 Å². The topological polar surface area (TPSA) is 102 Å². The molecule has 1 saturated heterocycles. The Balaban J connectivity index is 1.85. The molecule has 1 aliphatic heterocycles. The molecule has 0 spiro atoms. The van der Waals surface area contributed by atoms with Gasteiger partial charge in [-0.15, -0.1) is 0 Å². The standard InChI is InChI=1S/C14H22N2O5S2/c1-12-11-13(7-9-21-12)16-22(17,18)10-8-15-23(19,20)14-5-3-2-4-6-14/h2-6,12-13,15-16H,7-11H2,1H3/t12-,13+/m1/s1. The van der Waals surface area contributed by atoms with Gasteiger partial charge in [0.2, 0.25) is 20.0 Å². The minimum Gasteiger partial charge on any atom is -0.378 e. The molecule has 0 aliphatic carbocycles. The summed E-state index contributed by atoms with van der Waals surface area (Å²) >= 11 is 0. The summed E-state index contributed by atoms with van der Waals surface area (Å²) in [6.45, 7) is 2.24. The van der Waals surface area contributed by atoms with Crippen molar-refractivity contribution in [3.63, 3.8) is 0 Å². The number of benzene rings is 1. The molecule has 1 heterocycles. The molecule has 0 amide bonds. The lowest BCUT2D eigenvalue weighted by molar-refractivity contribution is 0.0173. The van der Waals surface area contributed by atoms with E-state index in [1.165, 1.54) is 12.1 Å². The van der Waals surface area contributed by atoms with Crippen LogP contribution in [0.2, 0.25) is 0 Å². The van der Waals surface area contributed by atoms with Crippen LogP contribution in [0.4, 0.5) is 0 Å². The van der Waals surface area contributed by atoms with Crippen LogP contribution in [-0.2, 0) is 24.8 Å². The SMILES string of the molecule is C[C@@H]1C[C@@H](NS(=O)(=O)CCNS(=O)(=O)c2ccccc2)CCO1. The van der Waals surface area contributed by atoms with Crippen molar-refractivity contribution in [3.05, 3.63) is 30.3 Å². The van der Waals surface area contributed by atoms with Crippen molar-refractivity contribution in [3.8, 4) is 0 Å². The second-order valence-corrected chi connectivity index (χ2v) is 9.19. The van der Waals surface area contributed by atoms with E-state index in [9.17, 15) is 16.8 Å². The largest absolute Gasteiger partial charge is 0.378 e. The smallest absolute Gasteiger partial charge is 0.240 e. The van der Waals surface area contributed by atoms with Gasteiger partial charge in [0.15, 0.2) is 0 Å². The molecule has 0 unspecified atom stereocenters. The van der Waals surface area contributed by atoms with Crippen molar-refractivity contribution >= 4 is 20.0 Å². The molecular formula is C14H22N2O5S2. The predicted octanol–water partition coefficient (Wildman–Crippen LogP) is 0.452. The quantitative estimate of drug-likeness (QED) is 0.733. The van der Waals surface area contributed by atoms with Gasteiger partial charge in [0.25, 0.3) is 0 Å². The molecular weight excluding hydrogens is 340 g/mol. The Labute approximate surface area is 137 Å². The number of sulfonamides is 2. The van der Waals surface area contributed by atoms with E-state index in [0.29, 0.717) is 19.4 Å². The molecule has 1 fully saturated rings. The fourth-order valence-corrected chi connectivity index (χ4v) is 4.80. The maximum atomic E-state index is 12.0. The van der Waals surface area contributed by atoms with Gasteiger partial charge >= 0.3 is 0 Å². The van der Waals surface area contributed by atoms with Crippen LogP contribution < -0.4 is 9.44 Å². The van der Waals surface area contributed by atoms with E-state index in [0.717, 1.165) is 0 Å². The highest BCUT2D eigenvalue weighted by Gasteiger charge is 2.24. The molecule has 130 valence electrons. The summed E-state index contributed by atoms with van der Waals surface area (Å²) in [6, 6.07) is 7.69. The minimum atomic E-state index is -3.69. The van der Waals surface area contributed by atoms with Gasteiger partial charge in [0.1, 0.15) is 0 Å². The van der Waals surface area contributed by atoms with Crippen LogP contribution in [0, 0.1) is 0 Å². The molecule has 9 heteroatoms. The molecule has 23 heavy (non-hydrogen) atoms. The molecule has 2 rings (SSSR count). The van der Waals surface area contributed by atoms with Crippen LogP contribution in [0.15, 0.2) is 35.2 Å². The average molecular weight is 362 g/mol. The normalized spacial score (nSPS) is 22.8.